The third-order valence-electron chi connectivity index (χ3n) is 3.17. The number of aromatic nitrogens is 4. The van der Waals surface area contributed by atoms with Gasteiger partial charge in [0.2, 0.25) is 0 Å². The van der Waals surface area contributed by atoms with Crippen LogP contribution >= 0.6 is 11.8 Å². The highest BCUT2D eigenvalue weighted by Crippen LogP contribution is 2.13. The molecule has 21 heavy (non-hydrogen) atoms. The van der Waals surface area contributed by atoms with Crippen LogP contribution in [0.4, 0.5) is 0 Å². The molecule has 108 valence electrons. The molecule has 0 aliphatic rings. The number of aromatic amines is 1. The molecular weight excluding hydrogens is 288 g/mol. The van der Waals surface area contributed by atoms with E-state index >= 15 is 0 Å². The molecule has 1 N–H and O–H groups in total. The first-order valence-electron chi connectivity index (χ1n) is 6.33. The van der Waals surface area contributed by atoms with E-state index in [2.05, 4.69) is 15.1 Å². The molecule has 0 saturated heterocycles. The van der Waals surface area contributed by atoms with Crippen LogP contribution in [0.15, 0.2) is 40.4 Å². The summed E-state index contributed by atoms with van der Waals surface area (Å²) in [5, 5.41) is 4.16. The molecule has 2 aromatic heterocycles. The topological polar surface area (TPSA) is 72.8 Å². The van der Waals surface area contributed by atoms with Crippen LogP contribution in [0.5, 0.6) is 5.75 Å². The van der Waals surface area contributed by atoms with Crippen molar-refractivity contribution in [3.05, 3.63) is 46.4 Å². The Morgan fingerprint density at radius 2 is 2.10 bits per heavy atom. The number of fused-ring (bicyclic) bond motifs is 1. The summed E-state index contributed by atoms with van der Waals surface area (Å²) < 4.78 is 6.65. The van der Waals surface area contributed by atoms with E-state index in [9.17, 15) is 4.79 Å². The average Bonchev–Trinajstić information content (AvgIpc) is 2.83. The number of methoxy groups -OCH3 is 1. The minimum absolute atomic E-state index is 0.117. The highest BCUT2D eigenvalue weighted by Gasteiger charge is 2.09. The lowest BCUT2D eigenvalue weighted by Gasteiger charge is -2.03. The fourth-order valence-electron chi connectivity index (χ4n) is 2.05. The van der Waals surface area contributed by atoms with E-state index < -0.39 is 0 Å². The first-order valence-corrected chi connectivity index (χ1v) is 7.56. The van der Waals surface area contributed by atoms with Gasteiger partial charge in [0.1, 0.15) is 11.1 Å². The largest absolute Gasteiger partial charge is 0.497 e. The van der Waals surface area contributed by atoms with Gasteiger partial charge in [-0.15, -0.1) is 0 Å². The predicted octanol–water partition coefficient (Wildman–Crippen LogP) is 1.90. The van der Waals surface area contributed by atoms with Crippen LogP contribution in [0.25, 0.3) is 11.0 Å². The van der Waals surface area contributed by atoms with Gasteiger partial charge in [-0.1, -0.05) is 23.9 Å². The summed E-state index contributed by atoms with van der Waals surface area (Å²) in [6.07, 6.45) is 3.46. The van der Waals surface area contributed by atoms with Crippen LogP contribution in [0.1, 0.15) is 5.56 Å². The van der Waals surface area contributed by atoms with Crippen molar-refractivity contribution in [1.82, 2.24) is 19.7 Å². The van der Waals surface area contributed by atoms with Crippen LogP contribution in [-0.4, -0.2) is 33.1 Å². The number of rotatable bonds is 4. The SMILES string of the molecule is COc1ccc(Cn2[nH]c3nc(SC)ncc3c2=O)cc1. The summed E-state index contributed by atoms with van der Waals surface area (Å²) >= 11 is 1.44. The molecule has 0 amide bonds. The number of benzene rings is 1. The van der Waals surface area contributed by atoms with Crippen LogP contribution in [-0.2, 0) is 6.54 Å². The lowest BCUT2D eigenvalue weighted by molar-refractivity contribution is 0.414. The Hall–Kier alpha value is -2.28. The van der Waals surface area contributed by atoms with Gasteiger partial charge in [0.15, 0.2) is 10.8 Å². The van der Waals surface area contributed by atoms with E-state index in [1.807, 2.05) is 30.5 Å². The highest BCUT2D eigenvalue weighted by molar-refractivity contribution is 7.98. The molecular formula is C14H14N4O2S. The number of hydrogen-bond donors (Lipinski definition) is 1. The molecule has 0 unspecified atom stereocenters. The van der Waals surface area contributed by atoms with E-state index in [0.29, 0.717) is 22.7 Å². The fourth-order valence-corrected chi connectivity index (χ4v) is 2.40. The standard InChI is InChI=1S/C14H14N4O2S/c1-20-10-5-3-9(4-6-10)8-18-13(19)11-7-15-14(21-2)16-12(11)17-18/h3-7H,8H2,1-2H3,(H,15,16,17). The highest BCUT2D eigenvalue weighted by atomic mass is 32.2. The summed E-state index contributed by atoms with van der Waals surface area (Å²) in [6, 6.07) is 7.59. The van der Waals surface area contributed by atoms with Gasteiger partial charge in [0.05, 0.1) is 13.7 Å². The van der Waals surface area contributed by atoms with Crippen molar-refractivity contribution in [1.29, 1.82) is 0 Å². The Morgan fingerprint density at radius 3 is 2.76 bits per heavy atom. The van der Waals surface area contributed by atoms with Crippen LogP contribution < -0.4 is 10.3 Å². The van der Waals surface area contributed by atoms with E-state index in [1.54, 1.807) is 13.3 Å². The second kappa shape index (κ2) is 5.61. The van der Waals surface area contributed by atoms with E-state index in [0.717, 1.165) is 11.3 Å². The number of nitrogens with one attached hydrogen (secondary N) is 1. The Kier molecular flexibility index (Phi) is 3.66. The zero-order chi connectivity index (χ0) is 14.8. The van der Waals surface area contributed by atoms with E-state index in [-0.39, 0.29) is 5.56 Å². The molecule has 0 saturated carbocycles. The van der Waals surface area contributed by atoms with Gasteiger partial charge >= 0.3 is 0 Å². The zero-order valence-electron chi connectivity index (χ0n) is 11.7. The number of ether oxygens (including phenoxy) is 1. The van der Waals surface area contributed by atoms with Crippen molar-refractivity contribution in [2.24, 2.45) is 0 Å². The molecule has 3 rings (SSSR count). The van der Waals surface area contributed by atoms with Gasteiger partial charge in [0, 0.05) is 6.20 Å². The first-order chi connectivity index (χ1) is 10.2. The molecule has 7 heteroatoms. The predicted molar refractivity (Wildman–Crippen MR) is 82.0 cm³/mol. The van der Waals surface area contributed by atoms with Crippen molar-refractivity contribution < 1.29 is 4.74 Å². The molecule has 0 spiro atoms. The molecule has 2 heterocycles. The number of hydrogen-bond acceptors (Lipinski definition) is 5. The van der Waals surface area contributed by atoms with Crippen molar-refractivity contribution in [2.75, 3.05) is 13.4 Å². The van der Waals surface area contributed by atoms with Gasteiger partial charge in [-0.3, -0.25) is 9.89 Å². The minimum atomic E-state index is -0.117. The molecule has 3 aromatic rings. The Labute approximate surface area is 125 Å². The maximum atomic E-state index is 12.3. The second-order valence-electron chi connectivity index (χ2n) is 4.47. The van der Waals surface area contributed by atoms with Gasteiger partial charge in [-0.25, -0.2) is 14.6 Å². The van der Waals surface area contributed by atoms with Crippen molar-refractivity contribution in [3.8, 4) is 5.75 Å². The summed E-state index contributed by atoms with van der Waals surface area (Å²) in [7, 11) is 1.62. The van der Waals surface area contributed by atoms with Crippen LogP contribution in [0.3, 0.4) is 0 Å². The zero-order valence-corrected chi connectivity index (χ0v) is 12.5. The van der Waals surface area contributed by atoms with Crippen molar-refractivity contribution in [2.45, 2.75) is 11.7 Å². The van der Waals surface area contributed by atoms with E-state index in [1.165, 1.54) is 16.4 Å². The summed E-state index contributed by atoms with van der Waals surface area (Å²) in [5.41, 5.74) is 1.45. The molecule has 6 nitrogen and oxygen atoms in total. The number of thioether (sulfide) groups is 1. The average molecular weight is 302 g/mol. The van der Waals surface area contributed by atoms with Crippen molar-refractivity contribution in [3.63, 3.8) is 0 Å². The minimum Gasteiger partial charge on any atom is -0.497 e. The number of H-pyrrole nitrogens is 1. The summed E-state index contributed by atoms with van der Waals surface area (Å²) in [4.78, 5) is 20.7. The normalized spacial score (nSPS) is 11.0. The first kappa shape index (κ1) is 13.7. The Bertz CT molecular complexity index is 823. The van der Waals surface area contributed by atoms with Gasteiger partial charge in [0.25, 0.3) is 5.56 Å². The molecule has 0 radical (unpaired) electrons. The second-order valence-corrected chi connectivity index (χ2v) is 5.24. The quantitative estimate of drug-likeness (QED) is 0.588. The molecule has 0 fully saturated rings. The molecule has 0 bridgehead atoms. The third-order valence-corrected chi connectivity index (χ3v) is 3.73. The molecule has 0 atom stereocenters. The summed E-state index contributed by atoms with van der Waals surface area (Å²) in [6.45, 7) is 0.452. The Balaban J connectivity index is 1.96. The molecule has 0 aliphatic heterocycles. The molecule has 1 aromatic carbocycles. The third kappa shape index (κ3) is 2.64. The van der Waals surface area contributed by atoms with Gasteiger partial charge in [-0.2, -0.15) is 0 Å². The van der Waals surface area contributed by atoms with Gasteiger partial charge in [-0.05, 0) is 24.0 Å². The lowest BCUT2D eigenvalue weighted by Crippen LogP contribution is -2.17. The monoisotopic (exact) mass is 302 g/mol. The van der Waals surface area contributed by atoms with Crippen molar-refractivity contribution >= 4 is 22.8 Å². The van der Waals surface area contributed by atoms with Gasteiger partial charge < -0.3 is 4.74 Å². The Morgan fingerprint density at radius 1 is 1.33 bits per heavy atom. The maximum Gasteiger partial charge on any atom is 0.277 e. The van der Waals surface area contributed by atoms with Crippen LogP contribution in [0, 0.1) is 0 Å². The van der Waals surface area contributed by atoms with Crippen LogP contribution in [0.2, 0.25) is 0 Å². The maximum absolute atomic E-state index is 12.3. The lowest BCUT2D eigenvalue weighted by atomic mass is 10.2. The smallest absolute Gasteiger partial charge is 0.277 e. The van der Waals surface area contributed by atoms with E-state index in [4.69, 9.17) is 4.74 Å². The number of nitrogens with zero attached hydrogens (tertiary/aromatic N) is 3. The fraction of sp³-hybridized carbons (Fsp3) is 0.214. The summed E-state index contributed by atoms with van der Waals surface area (Å²) in [5.74, 6) is 0.790. The molecule has 0 aliphatic carbocycles.